The van der Waals surface area contributed by atoms with Crippen LogP contribution in [0.4, 0.5) is 0 Å². The average molecular weight is 355 g/mol. The monoisotopic (exact) mass is 354 g/mol. The van der Waals surface area contributed by atoms with Crippen LogP contribution in [0, 0.1) is 0 Å². The third kappa shape index (κ3) is 3.76. The Hall–Kier alpha value is -2.14. The summed E-state index contributed by atoms with van der Waals surface area (Å²) < 4.78 is 11.8. The molecule has 4 rings (SSSR count). The first-order valence-electron chi connectivity index (χ1n) is 8.39. The molecule has 1 saturated heterocycles. The second kappa shape index (κ2) is 7.40. The fraction of sp³-hybridized carbons (Fsp3) is 0.250. The Bertz CT molecular complexity index is 817. The first-order valence-corrected chi connectivity index (χ1v) is 8.77. The van der Waals surface area contributed by atoms with Gasteiger partial charge in [-0.05, 0) is 48.9 Å². The zero-order valence-corrected chi connectivity index (χ0v) is 14.4. The van der Waals surface area contributed by atoms with Gasteiger partial charge >= 0.3 is 0 Å². The molecule has 2 aromatic heterocycles. The normalized spacial score (nSPS) is 20.0. The van der Waals surface area contributed by atoms with Crippen LogP contribution in [-0.4, -0.2) is 17.6 Å². The van der Waals surface area contributed by atoms with E-state index in [1.54, 1.807) is 6.20 Å². The van der Waals surface area contributed by atoms with E-state index in [0.29, 0.717) is 6.54 Å². The average Bonchev–Trinajstić information content (AvgIpc) is 3.31. The minimum absolute atomic E-state index is 0.0411. The lowest BCUT2D eigenvalue weighted by molar-refractivity contribution is 0.0978. The second-order valence-corrected chi connectivity index (χ2v) is 6.56. The Balaban J connectivity index is 1.41. The molecule has 0 amide bonds. The molecule has 1 aromatic carbocycles. The van der Waals surface area contributed by atoms with E-state index in [4.69, 9.17) is 20.8 Å². The summed E-state index contributed by atoms with van der Waals surface area (Å²) >= 11 is 5.93. The standard InChI is InChI=1S/C20H19ClN2O2/c21-16-5-3-14(4-6-16)19-8-7-17(25-19)13-23-18-9-11-24-20(18)15-2-1-10-22-12-15/h1-8,10,12,18,20,23H,9,11,13H2/t18-,20+/m0/s1. The van der Waals surface area contributed by atoms with Crippen molar-refractivity contribution in [2.75, 3.05) is 6.61 Å². The Labute approximate surface area is 151 Å². The second-order valence-electron chi connectivity index (χ2n) is 6.13. The Morgan fingerprint density at radius 1 is 1.12 bits per heavy atom. The van der Waals surface area contributed by atoms with Gasteiger partial charge in [0.15, 0.2) is 0 Å². The van der Waals surface area contributed by atoms with E-state index in [-0.39, 0.29) is 12.1 Å². The lowest BCUT2D eigenvalue weighted by Gasteiger charge is -2.19. The number of ether oxygens (including phenoxy) is 1. The quantitative estimate of drug-likeness (QED) is 0.726. The summed E-state index contributed by atoms with van der Waals surface area (Å²) in [5, 5.41) is 4.27. The molecule has 2 atom stereocenters. The predicted octanol–water partition coefficient (Wildman–Crippen LogP) is 4.61. The van der Waals surface area contributed by atoms with Gasteiger partial charge in [-0.3, -0.25) is 4.98 Å². The summed E-state index contributed by atoms with van der Waals surface area (Å²) in [4.78, 5) is 4.19. The topological polar surface area (TPSA) is 47.3 Å². The minimum Gasteiger partial charge on any atom is -0.460 e. The van der Waals surface area contributed by atoms with E-state index in [1.807, 2.05) is 48.7 Å². The van der Waals surface area contributed by atoms with Crippen LogP contribution in [0.1, 0.15) is 23.8 Å². The molecular formula is C20H19ClN2O2. The number of nitrogens with zero attached hydrogens (tertiary/aromatic N) is 1. The van der Waals surface area contributed by atoms with Crippen molar-refractivity contribution in [3.8, 4) is 11.3 Å². The molecule has 1 N–H and O–H groups in total. The lowest BCUT2D eigenvalue weighted by atomic mass is 10.0. The van der Waals surface area contributed by atoms with Crippen LogP contribution in [0.25, 0.3) is 11.3 Å². The fourth-order valence-electron chi connectivity index (χ4n) is 3.15. The maximum atomic E-state index is 5.95. The van der Waals surface area contributed by atoms with Crippen molar-refractivity contribution in [2.24, 2.45) is 0 Å². The number of aromatic nitrogens is 1. The number of rotatable bonds is 5. The van der Waals surface area contributed by atoms with Crippen LogP contribution in [0.15, 0.2) is 65.3 Å². The molecule has 4 nitrogen and oxygen atoms in total. The third-order valence-electron chi connectivity index (χ3n) is 4.43. The van der Waals surface area contributed by atoms with Gasteiger partial charge in [-0.15, -0.1) is 0 Å². The summed E-state index contributed by atoms with van der Waals surface area (Å²) in [5.41, 5.74) is 2.13. The molecule has 25 heavy (non-hydrogen) atoms. The van der Waals surface area contributed by atoms with Gasteiger partial charge in [0.2, 0.25) is 0 Å². The number of nitrogens with one attached hydrogen (secondary N) is 1. The molecule has 1 aliphatic heterocycles. The number of pyridine rings is 1. The summed E-state index contributed by atoms with van der Waals surface area (Å²) in [6, 6.07) is 15.9. The summed E-state index contributed by atoms with van der Waals surface area (Å²) in [6.45, 7) is 1.42. The molecule has 0 bridgehead atoms. The largest absolute Gasteiger partial charge is 0.460 e. The van der Waals surface area contributed by atoms with Gasteiger partial charge in [-0.2, -0.15) is 0 Å². The van der Waals surface area contributed by atoms with Crippen LogP contribution in [0.3, 0.4) is 0 Å². The van der Waals surface area contributed by atoms with Gasteiger partial charge in [0.25, 0.3) is 0 Å². The highest BCUT2D eigenvalue weighted by Gasteiger charge is 2.29. The lowest BCUT2D eigenvalue weighted by Crippen LogP contribution is -2.31. The first-order chi connectivity index (χ1) is 12.3. The van der Waals surface area contributed by atoms with Crippen LogP contribution in [0.2, 0.25) is 5.02 Å². The molecule has 1 aliphatic rings. The van der Waals surface area contributed by atoms with Crippen molar-refractivity contribution in [1.29, 1.82) is 0 Å². The first kappa shape index (κ1) is 16.3. The van der Waals surface area contributed by atoms with E-state index in [0.717, 1.165) is 40.7 Å². The van der Waals surface area contributed by atoms with Crippen molar-refractivity contribution in [3.63, 3.8) is 0 Å². The number of halogens is 1. The summed E-state index contributed by atoms with van der Waals surface area (Å²) in [7, 11) is 0. The SMILES string of the molecule is Clc1ccc(-c2ccc(CN[C@H]3CCO[C@@H]3c3cccnc3)o2)cc1. The van der Waals surface area contributed by atoms with Crippen LogP contribution >= 0.6 is 11.6 Å². The molecule has 1 fully saturated rings. The van der Waals surface area contributed by atoms with Crippen molar-refractivity contribution in [2.45, 2.75) is 25.1 Å². The molecule has 0 unspecified atom stereocenters. The maximum absolute atomic E-state index is 5.95. The van der Waals surface area contributed by atoms with Crippen molar-refractivity contribution in [3.05, 3.63) is 77.3 Å². The number of hydrogen-bond acceptors (Lipinski definition) is 4. The molecule has 128 valence electrons. The third-order valence-corrected chi connectivity index (χ3v) is 4.69. The highest BCUT2D eigenvalue weighted by molar-refractivity contribution is 6.30. The van der Waals surface area contributed by atoms with Gasteiger partial charge in [0.05, 0.1) is 12.6 Å². The molecule has 0 spiro atoms. The Morgan fingerprint density at radius 3 is 2.80 bits per heavy atom. The van der Waals surface area contributed by atoms with Gasteiger partial charge in [-0.25, -0.2) is 0 Å². The van der Waals surface area contributed by atoms with E-state index in [1.165, 1.54) is 0 Å². The minimum atomic E-state index is 0.0411. The summed E-state index contributed by atoms with van der Waals surface area (Å²) in [5.74, 6) is 1.75. The maximum Gasteiger partial charge on any atom is 0.134 e. The van der Waals surface area contributed by atoms with E-state index < -0.39 is 0 Å². The van der Waals surface area contributed by atoms with Gasteiger partial charge in [0, 0.05) is 41.2 Å². The molecule has 3 aromatic rings. The van der Waals surface area contributed by atoms with Gasteiger partial charge < -0.3 is 14.5 Å². The fourth-order valence-corrected chi connectivity index (χ4v) is 3.27. The van der Waals surface area contributed by atoms with E-state index >= 15 is 0 Å². The molecule has 5 heteroatoms. The molecule has 0 aliphatic carbocycles. The van der Waals surface area contributed by atoms with E-state index in [2.05, 4.69) is 16.4 Å². The molecule has 0 radical (unpaired) electrons. The van der Waals surface area contributed by atoms with Gasteiger partial charge in [-0.1, -0.05) is 17.7 Å². The zero-order valence-electron chi connectivity index (χ0n) is 13.7. The summed E-state index contributed by atoms with van der Waals surface area (Å²) in [6.07, 6.45) is 4.67. The Kier molecular flexibility index (Phi) is 4.83. The van der Waals surface area contributed by atoms with Crippen molar-refractivity contribution < 1.29 is 9.15 Å². The van der Waals surface area contributed by atoms with Crippen molar-refractivity contribution in [1.82, 2.24) is 10.3 Å². The highest BCUT2D eigenvalue weighted by Crippen LogP contribution is 2.29. The Morgan fingerprint density at radius 2 is 2.00 bits per heavy atom. The predicted molar refractivity (Wildman–Crippen MR) is 97.3 cm³/mol. The number of benzene rings is 1. The van der Waals surface area contributed by atoms with Gasteiger partial charge in [0.1, 0.15) is 11.5 Å². The van der Waals surface area contributed by atoms with Crippen molar-refractivity contribution >= 4 is 11.6 Å². The van der Waals surface area contributed by atoms with Crippen LogP contribution in [-0.2, 0) is 11.3 Å². The number of hydrogen-bond donors (Lipinski definition) is 1. The zero-order chi connectivity index (χ0) is 17.1. The molecule has 3 heterocycles. The number of furan rings is 1. The molecule has 0 saturated carbocycles. The smallest absolute Gasteiger partial charge is 0.134 e. The molecular weight excluding hydrogens is 336 g/mol. The van der Waals surface area contributed by atoms with Crippen LogP contribution < -0.4 is 5.32 Å². The van der Waals surface area contributed by atoms with E-state index in [9.17, 15) is 0 Å². The van der Waals surface area contributed by atoms with Crippen LogP contribution in [0.5, 0.6) is 0 Å². The highest BCUT2D eigenvalue weighted by atomic mass is 35.5.